The van der Waals surface area contributed by atoms with Crippen molar-refractivity contribution in [1.82, 2.24) is 10.2 Å². The maximum atomic E-state index is 14.0. The van der Waals surface area contributed by atoms with E-state index in [1.165, 1.54) is 29.2 Å². The molecular formula is C30H35Cl2N3O4S. The molecule has 2 amide bonds. The fourth-order valence-corrected chi connectivity index (χ4v) is 5.73. The van der Waals surface area contributed by atoms with Gasteiger partial charge in [-0.2, -0.15) is 0 Å². The number of hydrogen-bond acceptors (Lipinski definition) is 4. The predicted molar refractivity (Wildman–Crippen MR) is 161 cm³/mol. The maximum absolute atomic E-state index is 14.0. The molecule has 40 heavy (non-hydrogen) atoms. The molecule has 0 saturated heterocycles. The van der Waals surface area contributed by atoms with Crippen molar-refractivity contribution in [3.63, 3.8) is 0 Å². The predicted octanol–water partition coefficient (Wildman–Crippen LogP) is 6.14. The lowest BCUT2D eigenvalue weighted by atomic mass is 10.1. The number of carbonyl (C=O) groups excluding carboxylic acids is 2. The summed E-state index contributed by atoms with van der Waals surface area (Å²) in [7, 11) is -4.18. The first kappa shape index (κ1) is 31.5. The van der Waals surface area contributed by atoms with Crippen LogP contribution in [0, 0.1) is 13.8 Å². The zero-order valence-corrected chi connectivity index (χ0v) is 25.6. The molecule has 3 aromatic rings. The summed E-state index contributed by atoms with van der Waals surface area (Å²) in [5.74, 6) is -0.893. The van der Waals surface area contributed by atoms with Crippen molar-refractivity contribution in [1.29, 1.82) is 0 Å². The van der Waals surface area contributed by atoms with E-state index in [-0.39, 0.29) is 23.4 Å². The molecule has 214 valence electrons. The normalized spacial score (nSPS) is 12.9. The van der Waals surface area contributed by atoms with E-state index in [0.29, 0.717) is 21.3 Å². The number of anilines is 1. The van der Waals surface area contributed by atoms with Crippen molar-refractivity contribution in [3.8, 4) is 0 Å². The van der Waals surface area contributed by atoms with Crippen LogP contribution >= 0.6 is 23.2 Å². The number of nitrogens with one attached hydrogen (secondary N) is 1. The zero-order chi connectivity index (χ0) is 29.6. The van der Waals surface area contributed by atoms with E-state index in [9.17, 15) is 18.0 Å². The third kappa shape index (κ3) is 7.56. The van der Waals surface area contributed by atoms with Gasteiger partial charge in [0.1, 0.15) is 12.6 Å². The molecule has 0 fully saturated rings. The highest BCUT2D eigenvalue weighted by Crippen LogP contribution is 2.27. The molecule has 0 aliphatic carbocycles. The molecule has 1 N–H and O–H groups in total. The van der Waals surface area contributed by atoms with Gasteiger partial charge in [-0.3, -0.25) is 13.9 Å². The van der Waals surface area contributed by atoms with Crippen LogP contribution in [0.25, 0.3) is 0 Å². The van der Waals surface area contributed by atoms with Crippen LogP contribution in [-0.2, 0) is 26.2 Å². The monoisotopic (exact) mass is 603 g/mol. The second-order valence-electron chi connectivity index (χ2n) is 9.84. The highest BCUT2D eigenvalue weighted by molar-refractivity contribution is 7.92. The van der Waals surface area contributed by atoms with Crippen LogP contribution in [0.4, 0.5) is 5.69 Å². The summed E-state index contributed by atoms with van der Waals surface area (Å²) in [6, 6.07) is 17.0. The topological polar surface area (TPSA) is 86.8 Å². The lowest BCUT2D eigenvalue weighted by molar-refractivity contribution is -0.139. The number of nitrogens with zero attached hydrogens (tertiary/aromatic N) is 2. The Hall–Kier alpha value is -3.07. The molecule has 0 aromatic heterocycles. The van der Waals surface area contributed by atoms with Gasteiger partial charge in [0.05, 0.1) is 10.6 Å². The SMILES string of the molecule is CCC(C)NC(=O)C(C)N(Cc1ccccc1Cl)C(=O)CN(c1ccc(C)c(C)c1)S(=O)(=O)c1ccc(Cl)cc1. The second-order valence-corrected chi connectivity index (χ2v) is 12.5. The molecule has 0 saturated carbocycles. The summed E-state index contributed by atoms with van der Waals surface area (Å²) in [5, 5.41) is 3.74. The maximum Gasteiger partial charge on any atom is 0.264 e. The van der Waals surface area contributed by atoms with Gasteiger partial charge in [-0.05, 0) is 93.3 Å². The van der Waals surface area contributed by atoms with Crippen LogP contribution < -0.4 is 9.62 Å². The molecule has 10 heteroatoms. The van der Waals surface area contributed by atoms with Crippen LogP contribution in [0.15, 0.2) is 71.6 Å². The summed E-state index contributed by atoms with van der Waals surface area (Å²) in [5.41, 5.74) is 2.82. The fraction of sp³-hybridized carbons (Fsp3) is 0.333. The van der Waals surface area contributed by atoms with Crippen molar-refractivity contribution in [2.24, 2.45) is 0 Å². The number of halogens is 2. The van der Waals surface area contributed by atoms with Gasteiger partial charge in [0.15, 0.2) is 0 Å². The minimum Gasteiger partial charge on any atom is -0.352 e. The minimum atomic E-state index is -4.18. The molecule has 0 aliphatic heterocycles. The van der Waals surface area contributed by atoms with E-state index in [0.717, 1.165) is 21.9 Å². The Kier molecular flexibility index (Phi) is 10.6. The molecule has 0 bridgehead atoms. The van der Waals surface area contributed by atoms with Crippen LogP contribution in [0.5, 0.6) is 0 Å². The second kappa shape index (κ2) is 13.5. The van der Waals surface area contributed by atoms with Crippen molar-refractivity contribution in [2.45, 2.75) is 64.6 Å². The summed E-state index contributed by atoms with van der Waals surface area (Å²) < 4.78 is 28.9. The Morgan fingerprint density at radius 3 is 2.17 bits per heavy atom. The third-order valence-corrected chi connectivity index (χ3v) is 9.33. The number of sulfonamides is 1. The summed E-state index contributed by atoms with van der Waals surface area (Å²) >= 11 is 12.4. The molecule has 0 heterocycles. The Labute approximate surface area is 247 Å². The van der Waals surface area contributed by atoms with Gasteiger partial charge >= 0.3 is 0 Å². The number of aryl methyl sites for hydroxylation is 2. The summed E-state index contributed by atoms with van der Waals surface area (Å²) in [6.07, 6.45) is 0.719. The average Bonchev–Trinajstić information content (AvgIpc) is 2.92. The van der Waals surface area contributed by atoms with Crippen LogP contribution in [0.2, 0.25) is 10.0 Å². The van der Waals surface area contributed by atoms with E-state index in [1.807, 2.05) is 33.8 Å². The third-order valence-electron chi connectivity index (χ3n) is 6.93. The van der Waals surface area contributed by atoms with Gasteiger partial charge in [-0.1, -0.05) is 54.4 Å². The molecule has 3 rings (SSSR count). The van der Waals surface area contributed by atoms with Gasteiger partial charge in [0, 0.05) is 22.6 Å². The minimum absolute atomic E-state index is 0.0110. The Balaban J connectivity index is 2.06. The number of hydrogen-bond donors (Lipinski definition) is 1. The van der Waals surface area contributed by atoms with E-state index in [1.54, 1.807) is 43.3 Å². The fourth-order valence-electron chi connectivity index (χ4n) is 4.00. The molecule has 3 aromatic carbocycles. The molecule has 0 spiro atoms. The standard InChI is InChI=1S/C30H35Cl2N3O4S/c1-6-22(4)33-30(37)23(5)34(18-24-9-7-8-10-28(24)32)29(36)19-35(26-14-11-20(2)21(3)17-26)40(38,39)27-15-12-25(31)13-16-27/h7-17,22-23H,6,18-19H2,1-5H3,(H,33,37). The van der Waals surface area contributed by atoms with E-state index in [2.05, 4.69) is 5.32 Å². The van der Waals surface area contributed by atoms with Gasteiger partial charge < -0.3 is 10.2 Å². The first-order chi connectivity index (χ1) is 18.8. The van der Waals surface area contributed by atoms with Gasteiger partial charge in [0.25, 0.3) is 10.0 Å². The number of amides is 2. The van der Waals surface area contributed by atoms with Crippen LogP contribution in [-0.4, -0.2) is 43.8 Å². The lowest BCUT2D eigenvalue weighted by Crippen LogP contribution is -2.52. The van der Waals surface area contributed by atoms with Crippen LogP contribution in [0.3, 0.4) is 0 Å². The zero-order valence-electron chi connectivity index (χ0n) is 23.3. The largest absolute Gasteiger partial charge is 0.352 e. The first-order valence-electron chi connectivity index (χ1n) is 13.0. The molecule has 2 atom stereocenters. The smallest absolute Gasteiger partial charge is 0.264 e. The Morgan fingerprint density at radius 2 is 1.57 bits per heavy atom. The van der Waals surface area contributed by atoms with Crippen molar-refractivity contribution >= 4 is 50.7 Å². The van der Waals surface area contributed by atoms with E-state index >= 15 is 0 Å². The lowest BCUT2D eigenvalue weighted by Gasteiger charge is -2.32. The van der Waals surface area contributed by atoms with E-state index < -0.39 is 28.5 Å². The number of rotatable bonds is 11. The number of carbonyl (C=O) groups is 2. The first-order valence-corrected chi connectivity index (χ1v) is 15.2. The summed E-state index contributed by atoms with van der Waals surface area (Å²) in [4.78, 5) is 28.5. The van der Waals surface area contributed by atoms with E-state index in [4.69, 9.17) is 23.2 Å². The molecule has 0 aliphatic rings. The van der Waals surface area contributed by atoms with Crippen LogP contribution in [0.1, 0.15) is 43.9 Å². The van der Waals surface area contributed by atoms with Gasteiger partial charge in [-0.15, -0.1) is 0 Å². The molecular weight excluding hydrogens is 569 g/mol. The Morgan fingerprint density at radius 1 is 0.925 bits per heavy atom. The summed E-state index contributed by atoms with van der Waals surface area (Å²) in [6.45, 7) is 8.75. The highest BCUT2D eigenvalue weighted by Gasteiger charge is 2.33. The van der Waals surface area contributed by atoms with Crippen molar-refractivity contribution in [2.75, 3.05) is 10.8 Å². The quantitative estimate of drug-likeness (QED) is 0.285. The molecule has 0 radical (unpaired) electrons. The molecule has 2 unspecified atom stereocenters. The van der Waals surface area contributed by atoms with Gasteiger partial charge in [-0.25, -0.2) is 8.42 Å². The highest BCUT2D eigenvalue weighted by atomic mass is 35.5. The van der Waals surface area contributed by atoms with Gasteiger partial charge in [0.2, 0.25) is 11.8 Å². The Bertz CT molecular complexity index is 1460. The van der Waals surface area contributed by atoms with Crippen molar-refractivity contribution in [3.05, 3.63) is 93.5 Å². The van der Waals surface area contributed by atoms with Crippen molar-refractivity contribution < 1.29 is 18.0 Å². The molecule has 7 nitrogen and oxygen atoms in total. The number of benzene rings is 3. The average molecular weight is 605 g/mol.